The van der Waals surface area contributed by atoms with E-state index >= 15 is 0 Å². The van der Waals surface area contributed by atoms with Crippen molar-refractivity contribution in [3.63, 3.8) is 0 Å². The Labute approximate surface area is 116 Å². The van der Waals surface area contributed by atoms with Crippen molar-refractivity contribution in [2.75, 3.05) is 38.2 Å². The lowest BCUT2D eigenvalue weighted by atomic mass is 10.2. The van der Waals surface area contributed by atoms with Crippen LogP contribution in [0.5, 0.6) is 0 Å². The molecule has 102 valence electrons. The van der Waals surface area contributed by atoms with Crippen LogP contribution in [0.4, 0.5) is 5.82 Å². The molecule has 1 N–H and O–H groups in total. The molecule has 0 aromatic carbocycles. The first-order valence-electron chi connectivity index (χ1n) is 6.49. The summed E-state index contributed by atoms with van der Waals surface area (Å²) in [5, 5.41) is 5.32. The van der Waals surface area contributed by atoms with Crippen LogP contribution in [-0.4, -0.2) is 49.4 Å². The van der Waals surface area contributed by atoms with Crippen LogP contribution in [0.15, 0.2) is 11.7 Å². The van der Waals surface area contributed by atoms with Crippen LogP contribution in [0.25, 0.3) is 10.2 Å². The van der Waals surface area contributed by atoms with E-state index in [1.54, 1.807) is 17.7 Å². The fraction of sp³-hybridized carbons (Fsp3) is 0.538. The van der Waals surface area contributed by atoms with Gasteiger partial charge in [0.2, 0.25) is 0 Å². The normalized spacial score (nSPS) is 20.1. The third kappa shape index (κ3) is 2.43. The number of ether oxygens (including phenoxy) is 1. The zero-order chi connectivity index (χ0) is 13.2. The summed E-state index contributed by atoms with van der Waals surface area (Å²) in [7, 11) is 1.95. The maximum atomic E-state index is 5.74. The lowest BCUT2D eigenvalue weighted by molar-refractivity contribution is 0.0420. The zero-order valence-electron chi connectivity index (χ0n) is 11.2. The number of nitrogens with zero attached hydrogens (tertiary/aromatic N) is 3. The second-order valence-corrected chi connectivity index (χ2v) is 5.67. The minimum Gasteiger partial charge on any atom is -0.373 e. The first-order chi connectivity index (χ1) is 9.29. The lowest BCUT2D eigenvalue weighted by Crippen LogP contribution is -2.46. The Morgan fingerprint density at radius 3 is 3.26 bits per heavy atom. The van der Waals surface area contributed by atoms with Gasteiger partial charge in [-0.15, -0.1) is 11.3 Å². The highest BCUT2D eigenvalue weighted by atomic mass is 32.1. The molecule has 3 heterocycles. The molecule has 0 amide bonds. The van der Waals surface area contributed by atoms with Gasteiger partial charge in [-0.1, -0.05) is 0 Å². The summed E-state index contributed by atoms with van der Waals surface area (Å²) >= 11 is 1.73. The summed E-state index contributed by atoms with van der Waals surface area (Å²) in [6.07, 6.45) is 1.89. The summed E-state index contributed by atoms with van der Waals surface area (Å²) < 4.78 is 6.93. The number of thiophene rings is 1. The molecule has 0 aliphatic carbocycles. The van der Waals surface area contributed by atoms with Crippen molar-refractivity contribution in [2.24, 2.45) is 0 Å². The molecule has 0 radical (unpaired) electrons. The van der Waals surface area contributed by atoms with Crippen molar-refractivity contribution >= 4 is 27.4 Å². The molecule has 2 aromatic rings. The van der Waals surface area contributed by atoms with E-state index < -0.39 is 0 Å². The standard InChI is InChI=1S/C13H18N4OS/c1-9-7-19-12-11(9)15-8-16-13(12)17-3-4-18-10(6-17)5-14-2/h7-8,10,14H,3-6H2,1-2H3. The van der Waals surface area contributed by atoms with Crippen molar-refractivity contribution in [3.05, 3.63) is 17.3 Å². The van der Waals surface area contributed by atoms with Crippen LogP contribution in [0.1, 0.15) is 5.56 Å². The van der Waals surface area contributed by atoms with E-state index in [-0.39, 0.29) is 6.10 Å². The van der Waals surface area contributed by atoms with Crippen LogP contribution in [0.3, 0.4) is 0 Å². The zero-order valence-corrected chi connectivity index (χ0v) is 12.0. The minimum absolute atomic E-state index is 0.227. The molecular formula is C13H18N4OS. The van der Waals surface area contributed by atoms with E-state index in [0.29, 0.717) is 0 Å². The summed E-state index contributed by atoms with van der Waals surface area (Å²) in [4.78, 5) is 11.2. The van der Waals surface area contributed by atoms with Gasteiger partial charge < -0.3 is 15.0 Å². The van der Waals surface area contributed by atoms with E-state index in [2.05, 4.69) is 32.5 Å². The molecule has 0 spiro atoms. The van der Waals surface area contributed by atoms with Gasteiger partial charge in [0.25, 0.3) is 0 Å². The van der Waals surface area contributed by atoms with E-state index in [0.717, 1.165) is 37.6 Å². The Bertz CT molecular complexity index is 569. The highest BCUT2D eigenvalue weighted by molar-refractivity contribution is 7.18. The first-order valence-corrected chi connectivity index (χ1v) is 7.37. The molecule has 1 atom stereocenters. The third-order valence-corrected chi connectivity index (χ3v) is 4.47. The largest absolute Gasteiger partial charge is 0.373 e. The summed E-state index contributed by atoms with van der Waals surface area (Å²) in [6.45, 7) is 5.49. The Hall–Kier alpha value is -1.24. The topological polar surface area (TPSA) is 50.3 Å². The minimum atomic E-state index is 0.227. The number of aryl methyl sites for hydroxylation is 1. The molecule has 5 nitrogen and oxygen atoms in total. The molecule has 1 fully saturated rings. The van der Waals surface area contributed by atoms with E-state index in [4.69, 9.17) is 4.74 Å². The predicted octanol–water partition coefficient (Wildman–Crippen LogP) is 1.42. The average Bonchev–Trinajstić information content (AvgIpc) is 2.81. The van der Waals surface area contributed by atoms with Crippen molar-refractivity contribution in [3.8, 4) is 0 Å². The number of fused-ring (bicyclic) bond motifs is 1. The van der Waals surface area contributed by atoms with Crippen molar-refractivity contribution < 1.29 is 4.74 Å². The Kier molecular flexibility index (Phi) is 3.63. The molecule has 1 unspecified atom stereocenters. The molecule has 2 aromatic heterocycles. The predicted molar refractivity (Wildman–Crippen MR) is 78.0 cm³/mol. The van der Waals surface area contributed by atoms with Crippen LogP contribution in [0, 0.1) is 6.92 Å². The number of anilines is 1. The van der Waals surface area contributed by atoms with Gasteiger partial charge in [0.05, 0.1) is 22.9 Å². The van der Waals surface area contributed by atoms with Crippen molar-refractivity contribution in [1.29, 1.82) is 0 Å². The molecule has 19 heavy (non-hydrogen) atoms. The molecule has 3 rings (SSSR count). The SMILES string of the molecule is CNCC1CN(c2ncnc3c(C)csc23)CCO1. The van der Waals surface area contributed by atoms with Gasteiger partial charge in [-0.2, -0.15) is 0 Å². The number of aromatic nitrogens is 2. The second-order valence-electron chi connectivity index (χ2n) is 4.79. The van der Waals surface area contributed by atoms with Gasteiger partial charge in [0.15, 0.2) is 0 Å². The Morgan fingerprint density at radius 1 is 1.53 bits per heavy atom. The number of rotatable bonds is 3. The molecule has 1 saturated heterocycles. The van der Waals surface area contributed by atoms with Crippen LogP contribution < -0.4 is 10.2 Å². The maximum Gasteiger partial charge on any atom is 0.150 e. The molecule has 0 saturated carbocycles. The van der Waals surface area contributed by atoms with Crippen molar-refractivity contribution in [1.82, 2.24) is 15.3 Å². The van der Waals surface area contributed by atoms with Gasteiger partial charge >= 0.3 is 0 Å². The summed E-state index contributed by atoms with van der Waals surface area (Å²) in [5.74, 6) is 1.05. The van der Waals surface area contributed by atoms with Gasteiger partial charge in [-0.3, -0.25) is 0 Å². The van der Waals surface area contributed by atoms with Crippen LogP contribution in [0.2, 0.25) is 0 Å². The van der Waals surface area contributed by atoms with E-state index in [1.807, 2.05) is 7.05 Å². The van der Waals surface area contributed by atoms with Crippen molar-refractivity contribution in [2.45, 2.75) is 13.0 Å². The smallest absolute Gasteiger partial charge is 0.150 e. The number of likely N-dealkylation sites (N-methyl/N-ethyl adjacent to an activating group) is 1. The van der Waals surface area contributed by atoms with Gasteiger partial charge in [0, 0.05) is 19.6 Å². The molecule has 6 heteroatoms. The highest BCUT2D eigenvalue weighted by Gasteiger charge is 2.23. The van der Waals surface area contributed by atoms with E-state index in [9.17, 15) is 0 Å². The van der Waals surface area contributed by atoms with E-state index in [1.165, 1.54) is 10.3 Å². The fourth-order valence-electron chi connectivity index (χ4n) is 2.45. The molecule has 1 aliphatic heterocycles. The second kappa shape index (κ2) is 5.40. The maximum absolute atomic E-state index is 5.74. The lowest BCUT2D eigenvalue weighted by Gasteiger charge is -2.33. The molecule has 0 bridgehead atoms. The first kappa shape index (κ1) is 12.8. The van der Waals surface area contributed by atoms with Gasteiger partial charge in [-0.05, 0) is 24.9 Å². The van der Waals surface area contributed by atoms with Crippen LogP contribution >= 0.6 is 11.3 Å². The Morgan fingerprint density at radius 2 is 2.42 bits per heavy atom. The number of hydrogen-bond acceptors (Lipinski definition) is 6. The Balaban J connectivity index is 1.91. The average molecular weight is 278 g/mol. The third-order valence-electron chi connectivity index (χ3n) is 3.38. The molecule has 1 aliphatic rings. The quantitative estimate of drug-likeness (QED) is 0.920. The highest BCUT2D eigenvalue weighted by Crippen LogP contribution is 2.31. The molecular weight excluding hydrogens is 260 g/mol. The monoisotopic (exact) mass is 278 g/mol. The fourth-order valence-corrected chi connectivity index (χ4v) is 3.46. The van der Waals surface area contributed by atoms with Crippen LogP contribution in [-0.2, 0) is 4.74 Å². The summed E-state index contributed by atoms with van der Waals surface area (Å²) in [6, 6.07) is 0. The number of morpholine rings is 1. The van der Waals surface area contributed by atoms with Gasteiger partial charge in [0.1, 0.15) is 12.1 Å². The summed E-state index contributed by atoms with van der Waals surface area (Å²) in [5.41, 5.74) is 2.30. The number of hydrogen-bond donors (Lipinski definition) is 1. The number of nitrogens with one attached hydrogen (secondary N) is 1. The van der Waals surface area contributed by atoms with Gasteiger partial charge in [-0.25, -0.2) is 9.97 Å².